The molecule has 0 radical (unpaired) electrons. The average Bonchev–Trinajstić information content (AvgIpc) is 2.14. The lowest BCUT2D eigenvalue weighted by atomic mass is 10.2. The summed E-state index contributed by atoms with van der Waals surface area (Å²) in [6, 6.07) is 1.72. The number of hydrogen-bond donors (Lipinski definition) is 0. The molecule has 0 aliphatic heterocycles. The first kappa shape index (κ1) is 10.5. The fourth-order valence-corrected chi connectivity index (χ4v) is 0.931. The van der Waals surface area contributed by atoms with Crippen molar-refractivity contribution in [3.63, 3.8) is 0 Å². The van der Waals surface area contributed by atoms with Crippen molar-refractivity contribution in [2.24, 2.45) is 0 Å². The zero-order valence-corrected chi connectivity index (χ0v) is 7.14. The summed E-state index contributed by atoms with van der Waals surface area (Å²) in [4.78, 5) is 9.92. The van der Waals surface area contributed by atoms with Crippen LogP contribution in [0.5, 0.6) is 0 Å². The van der Waals surface area contributed by atoms with E-state index in [0.29, 0.717) is 6.29 Å². The van der Waals surface area contributed by atoms with Crippen LogP contribution in [0.4, 0.5) is 13.2 Å². The number of hydrogen-bond acceptors (Lipinski definition) is 1. The molecule has 0 aromatic heterocycles. The van der Waals surface area contributed by atoms with E-state index in [1.165, 1.54) is 12.2 Å². The largest absolute Gasteiger partial charge is 0.303 e. The lowest BCUT2D eigenvalue weighted by molar-refractivity contribution is -0.107. The molecule has 0 fully saturated rings. The lowest BCUT2D eigenvalue weighted by Crippen LogP contribution is -1.90. The van der Waals surface area contributed by atoms with E-state index in [9.17, 15) is 18.0 Å². The van der Waals surface area contributed by atoms with Crippen molar-refractivity contribution in [3.8, 4) is 0 Å². The van der Waals surface area contributed by atoms with Gasteiger partial charge in [0.05, 0.1) is 0 Å². The monoisotopic (exact) mass is 200 g/mol. The molecule has 0 amide bonds. The van der Waals surface area contributed by atoms with Crippen LogP contribution >= 0.6 is 0 Å². The Kier molecular flexibility index (Phi) is 3.45. The van der Waals surface area contributed by atoms with Crippen LogP contribution < -0.4 is 0 Å². The molecule has 14 heavy (non-hydrogen) atoms. The quantitative estimate of drug-likeness (QED) is 0.541. The maximum absolute atomic E-state index is 12.6. The summed E-state index contributed by atoms with van der Waals surface area (Å²) in [7, 11) is 0. The number of carbonyl (C=O) groups is 1. The van der Waals surface area contributed by atoms with Crippen molar-refractivity contribution in [2.75, 3.05) is 0 Å². The first-order valence-corrected chi connectivity index (χ1v) is 3.90. The number of carbonyl (C=O) groups excluding carboxylic acids is 1. The first-order chi connectivity index (χ1) is 6.65. The van der Waals surface area contributed by atoms with E-state index in [1.807, 2.05) is 0 Å². The summed E-state index contributed by atoms with van der Waals surface area (Å²) in [6.45, 7) is 0. The maximum Gasteiger partial charge on any atom is 0.194 e. The van der Waals surface area contributed by atoms with Gasteiger partial charge in [-0.25, -0.2) is 13.2 Å². The predicted octanol–water partition coefficient (Wildman–Crippen LogP) is 2.71. The molecule has 0 atom stereocenters. The Labute approximate surface area is 78.9 Å². The minimum atomic E-state index is -1.49. The summed E-state index contributed by atoms with van der Waals surface area (Å²) in [5, 5.41) is 0. The van der Waals surface area contributed by atoms with E-state index < -0.39 is 17.5 Å². The van der Waals surface area contributed by atoms with Gasteiger partial charge in [-0.2, -0.15) is 0 Å². The van der Waals surface area contributed by atoms with Crippen LogP contribution in [-0.4, -0.2) is 6.29 Å². The lowest BCUT2D eigenvalue weighted by Gasteiger charge is -1.97. The van der Waals surface area contributed by atoms with Crippen LogP contribution in [0.2, 0.25) is 0 Å². The van der Waals surface area contributed by atoms with Gasteiger partial charge in [0.25, 0.3) is 0 Å². The highest BCUT2D eigenvalue weighted by molar-refractivity contribution is 5.57. The fourth-order valence-electron chi connectivity index (χ4n) is 0.931. The number of rotatable bonds is 3. The molecule has 1 nitrogen and oxygen atoms in total. The second-order valence-corrected chi connectivity index (χ2v) is 2.60. The van der Waals surface area contributed by atoms with Crippen LogP contribution in [0.25, 0.3) is 6.08 Å². The van der Waals surface area contributed by atoms with Gasteiger partial charge in [0, 0.05) is 6.42 Å². The molecule has 4 heteroatoms. The molecule has 1 rings (SSSR count). The van der Waals surface area contributed by atoms with Gasteiger partial charge in [-0.3, -0.25) is 0 Å². The smallest absolute Gasteiger partial charge is 0.194 e. The minimum Gasteiger partial charge on any atom is -0.303 e. The number of aldehydes is 1. The molecule has 0 heterocycles. The molecule has 0 saturated carbocycles. The molecule has 0 aliphatic rings. The van der Waals surface area contributed by atoms with Crippen LogP contribution in [0, 0.1) is 17.5 Å². The van der Waals surface area contributed by atoms with E-state index in [1.54, 1.807) is 0 Å². The van der Waals surface area contributed by atoms with E-state index in [-0.39, 0.29) is 12.0 Å². The minimum absolute atomic E-state index is 0.153. The fraction of sp³-hybridized carbons (Fsp3) is 0.100. The highest BCUT2D eigenvalue weighted by atomic mass is 19.2. The summed E-state index contributed by atoms with van der Waals surface area (Å²) in [6.07, 6.45) is 3.58. The SMILES string of the molecule is O=CCC=Cc1cc(F)c(F)c(F)c1. The zero-order chi connectivity index (χ0) is 10.6. The van der Waals surface area contributed by atoms with Crippen LogP contribution in [0.3, 0.4) is 0 Å². The molecule has 1 aromatic carbocycles. The van der Waals surface area contributed by atoms with Crippen molar-refractivity contribution in [2.45, 2.75) is 6.42 Å². The third-order valence-corrected chi connectivity index (χ3v) is 1.55. The van der Waals surface area contributed by atoms with Crippen molar-refractivity contribution < 1.29 is 18.0 Å². The average molecular weight is 200 g/mol. The summed E-state index contributed by atoms with van der Waals surface area (Å²) in [5.41, 5.74) is 0.184. The highest BCUT2D eigenvalue weighted by Gasteiger charge is 2.08. The third kappa shape index (κ3) is 2.45. The van der Waals surface area contributed by atoms with Crippen LogP contribution in [-0.2, 0) is 4.79 Å². The summed E-state index contributed by atoms with van der Waals surface area (Å²) >= 11 is 0. The topological polar surface area (TPSA) is 17.1 Å². The Hall–Kier alpha value is -1.58. The molecule has 0 bridgehead atoms. The first-order valence-electron chi connectivity index (χ1n) is 3.90. The Balaban J connectivity index is 2.95. The Morgan fingerprint density at radius 2 is 1.71 bits per heavy atom. The molecule has 0 saturated heterocycles. The normalized spacial score (nSPS) is 10.8. The number of allylic oxidation sites excluding steroid dienone is 1. The van der Waals surface area contributed by atoms with Crippen molar-refractivity contribution in [1.82, 2.24) is 0 Å². The van der Waals surface area contributed by atoms with Crippen LogP contribution in [0.1, 0.15) is 12.0 Å². The van der Waals surface area contributed by atoms with Gasteiger partial charge in [-0.05, 0) is 17.7 Å². The summed E-state index contributed by atoms with van der Waals surface area (Å²) in [5.74, 6) is -3.97. The highest BCUT2D eigenvalue weighted by Crippen LogP contribution is 2.14. The molecular formula is C10H7F3O. The molecule has 0 aliphatic carbocycles. The Morgan fingerprint density at radius 1 is 1.14 bits per heavy atom. The van der Waals surface area contributed by atoms with Gasteiger partial charge in [-0.1, -0.05) is 12.2 Å². The predicted molar refractivity (Wildman–Crippen MR) is 46.0 cm³/mol. The van der Waals surface area contributed by atoms with Crippen molar-refractivity contribution in [3.05, 3.63) is 41.2 Å². The van der Waals surface area contributed by atoms with E-state index in [0.717, 1.165) is 12.1 Å². The molecule has 0 N–H and O–H groups in total. The molecule has 1 aromatic rings. The Morgan fingerprint density at radius 3 is 2.21 bits per heavy atom. The van der Waals surface area contributed by atoms with Gasteiger partial charge in [-0.15, -0.1) is 0 Å². The van der Waals surface area contributed by atoms with E-state index >= 15 is 0 Å². The summed E-state index contributed by atoms with van der Waals surface area (Å²) < 4.78 is 37.7. The second kappa shape index (κ2) is 4.60. The van der Waals surface area contributed by atoms with Gasteiger partial charge >= 0.3 is 0 Å². The van der Waals surface area contributed by atoms with Gasteiger partial charge in [0.15, 0.2) is 17.5 Å². The van der Waals surface area contributed by atoms with Crippen molar-refractivity contribution >= 4 is 12.4 Å². The number of benzene rings is 1. The molecule has 74 valence electrons. The zero-order valence-electron chi connectivity index (χ0n) is 7.14. The van der Waals surface area contributed by atoms with Crippen molar-refractivity contribution in [1.29, 1.82) is 0 Å². The Bertz CT molecular complexity index is 349. The van der Waals surface area contributed by atoms with Crippen LogP contribution in [0.15, 0.2) is 18.2 Å². The van der Waals surface area contributed by atoms with Gasteiger partial charge < -0.3 is 4.79 Å². The second-order valence-electron chi connectivity index (χ2n) is 2.60. The van der Waals surface area contributed by atoms with E-state index in [4.69, 9.17) is 0 Å². The standard InChI is InChI=1S/C10H7F3O/c11-8-5-7(3-1-2-4-14)6-9(12)10(8)13/h1,3-6H,2H2. The van der Waals surface area contributed by atoms with Gasteiger partial charge in [0.2, 0.25) is 0 Å². The molecular weight excluding hydrogens is 193 g/mol. The van der Waals surface area contributed by atoms with Gasteiger partial charge in [0.1, 0.15) is 6.29 Å². The molecule has 0 unspecified atom stereocenters. The molecule has 0 spiro atoms. The van der Waals surface area contributed by atoms with E-state index in [2.05, 4.69) is 0 Å². The number of halogens is 3. The maximum atomic E-state index is 12.6. The third-order valence-electron chi connectivity index (χ3n) is 1.55.